The molecule has 1 aliphatic rings. The Morgan fingerprint density at radius 1 is 1.39 bits per heavy atom. The zero-order chi connectivity index (χ0) is 19.9. The summed E-state index contributed by atoms with van der Waals surface area (Å²) in [7, 11) is 0. The lowest BCUT2D eigenvalue weighted by Gasteiger charge is -2.39. The Balaban J connectivity index is 1.68. The fourth-order valence-corrected chi connectivity index (χ4v) is 3.50. The summed E-state index contributed by atoms with van der Waals surface area (Å²) in [6.45, 7) is 11.8. The molecule has 1 fully saturated rings. The molecule has 3 rings (SSSR count). The molecule has 0 aromatic carbocycles. The van der Waals surface area contributed by atoms with Gasteiger partial charge in [-0.15, -0.1) is 0 Å². The minimum atomic E-state index is 0.127. The molecule has 0 amide bonds. The van der Waals surface area contributed by atoms with Crippen LogP contribution >= 0.6 is 0 Å². The molecule has 0 radical (unpaired) electrons. The minimum absolute atomic E-state index is 0.127. The average molecular weight is 385 g/mol. The maximum absolute atomic E-state index is 5.61. The normalized spacial score (nSPS) is 20.5. The van der Waals surface area contributed by atoms with Crippen molar-refractivity contribution in [2.75, 3.05) is 19.6 Å². The van der Waals surface area contributed by atoms with Crippen LogP contribution in [0.1, 0.15) is 45.7 Å². The van der Waals surface area contributed by atoms with Crippen LogP contribution in [0.25, 0.3) is 0 Å². The summed E-state index contributed by atoms with van der Waals surface area (Å²) < 4.78 is 7.83. The van der Waals surface area contributed by atoms with Gasteiger partial charge in [0.25, 0.3) is 0 Å². The van der Waals surface area contributed by atoms with Gasteiger partial charge in [-0.3, -0.25) is 0 Å². The van der Waals surface area contributed by atoms with E-state index in [1.165, 1.54) is 0 Å². The number of piperidine rings is 1. The van der Waals surface area contributed by atoms with Gasteiger partial charge < -0.3 is 19.5 Å². The maximum Gasteiger partial charge on any atom is 0.213 e. The summed E-state index contributed by atoms with van der Waals surface area (Å²) >= 11 is 0. The second-order valence-electron chi connectivity index (χ2n) is 7.63. The molecular formula is C21H32N6O. The van der Waals surface area contributed by atoms with E-state index in [2.05, 4.69) is 44.8 Å². The van der Waals surface area contributed by atoms with Gasteiger partial charge in [-0.05, 0) is 38.7 Å². The van der Waals surface area contributed by atoms with E-state index in [0.717, 1.165) is 37.6 Å². The Labute approximate surface area is 167 Å². The zero-order valence-corrected chi connectivity index (χ0v) is 17.4. The van der Waals surface area contributed by atoms with Gasteiger partial charge in [0.1, 0.15) is 0 Å². The van der Waals surface area contributed by atoms with Gasteiger partial charge in [-0.25, -0.2) is 15.0 Å². The van der Waals surface area contributed by atoms with Gasteiger partial charge >= 0.3 is 0 Å². The molecule has 2 atom stereocenters. The van der Waals surface area contributed by atoms with E-state index in [1.54, 1.807) is 0 Å². The summed E-state index contributed by atoms with van der Waals surface area (Å²) in [6, 6.07) is 4.36. The van der Waals surface area contributed by atoms with E-state index in [-0.39, 0.29) is 6.10 Å². The molecule has 2 aromatic rings. The van der Waals surface area contributed by atoms with Gasteiger partial charge in [0.15, 0.2) is 5.96 Å². The van der Waals surface area contributed by atoms with E-state index < -0.39 is 0 Å². The Bertz CT molecular complexity index is 741. The van der Waals surface area contributed by atoms with Crippen molar-refractivity contribution in [2.24, 2.45) is 10.9 Å². The number of nitrogens with zero attached hydrogens (tertiary/aromatic N) is 5. The van der Waals surface area contributed by atoms with Crippen LogP contribution in [-0.2, 0) is 6.54 Å². The summed E-state index contributed by atoms with van der Waals surface area (Å²) in [5.74, 6) is 2.23. The van der Waals surface area contributed by atoms with Crippen LogP contribution in [0, 0.1) is 5.92 Å². The molecule has 0 bridgehead atoms. The highest BCUT2D eigenvalue weighted by Gasteiger charge is 2.28. The first-order valence-electron chi connectivity index (χ1n) is 10.2. The van der Waals surface area contributed by atoms with E-state index in [1.807, 2.05) is 44.7 Å². The topological polar surface area (TPSA) is 67.6 Å². The quantitative estimate of drug-likeness (QED) is 0.612. The zero-order valence-electron chi connectivity index (χ0n) is 17.4. The Hall–Kier alpha value is -2.57. The molecule has 3 heterocycles. The Morgan fingerprint density at radius 3 is 2.89 bits per heavy atom. The molecular weight excluding hydrogens is 352 g/mol. The van der Waals surface area contributed by atoms with Crippen LogP contribution in [0.4, 0.5) is 0 Å². The van der Waals surface area contributed by atoms with Gasteiger partial charge in [-0.2, -0.15) is 0 Å². The summed E-state index contributed by atoms with van der Waals surface area (Å²) in [4.78, 5) is 15.8. The van der Waals surface area contributed by atoms with Crippen LogP contribution in [0.2, 0.25) is 0 Å². The third-order valence-corrected chi connectivity index (χ3v) is 5.03. The van der Waals surface area contributed by atoms with Gasteiger partial charge in [0.05, 0.1) is 25.0 Å². The smallest absolute Gasteiger partial charge is 0.213 e. The number of guanidine groups is 1. The number of nitrogens with one attached hydrogen (secondary N) is 1. The summed E-state index contributed by atoms with van der Waals surface area (Å²) in [5, 5.41) is 3.45. The number of aromatic nitrogens is 3. The number of ether oxygens (including phenoxy) is 1. The molecule has 7 heteroatoms. The number of likely N-dealkylation sites (tertiary alicyclic amines) is 1. The molecule has 0 spiro atoms. The number of rotatable bonds is 6. The molecule has 1 N–H and O–H groups in total. The van der Waals surface area contributed by atoms with Crippen LogP contribution in [0.5, 0.6) is 5.88 Å². The second-order valence-corrected chi connectivity index (χ2v) is 7.63. The highest BCUT2D eigenvalue weighted by atomic mass is 16.5. The predicted molar refractivity (Wildman–Crippen MR) is 111 cm³/mol. The standard InChI is InChI=1S/C21H32N6O/c1-5-23-21(25-13-18-6-7-20(24-12-18)28-16(2)3)26-10-8-17(4)19(14-26)27-11-9-22-15-27/h6-7,9,11-12,15-17,19H,5,8,10,13-14H2,1-4H3,(H,23,25). The second kappa shape index (κ2) is 9.57. The highest BCUT2D eigenvalue weighted by molar-refractivity contribution is 5.80. The molecule has 0 saturated carbocycles. The third-order valence-electron chi connectivity index (χ3n) is 5.03. The van der Waals surface area contributed by atoms with Crippen molar-refractivity contribution in [3.8, 4) is 5.88 Å². The summed E-state index contributed by atoms with van der Waals surface area (Å²) in [6.07, 6.45) is 8.93. The molecule has 2 aromatic heterocycles. The molecule has 28 heavy (non-hydrogen) atoms. The van der Waals surface area contributed by atoms with Crippen molar-refractivity contribution >= 4 is 5.96 Å². The molecule has 1 aliphatic heterocycles. The lowest BCUT2D eigenvalue weighted by atomic mass is 9.93. The lowest BCUT2D eigenvalue weighted by molar-refractivity contribution is 0.189. The van der Waals surface area contributed by atoms with E-state index in [0.29, 0.717) is 24.4 Å². The fraction of sp³-hybridized carbons (Fsp3) is 0.571. The molecule has 152 valence electrons. The number of aliphatic imine (C=N–C) groups is 1. The summed E-state index contributed by atoms with van der Waals surface area (Å²) in [5.41, 5.74) is 1.07. The number of hydrogen-bond donors (Lipinski definition) is 1. The molecule has 1 saturated heterocycles. The van der Waals surface area contributed by atoms with Crippen molar-refractivity contribution in [1.29, 1.82) is 0 Å². The average Bonchev–Trinajstić information content (AvgIpc) is 3.21. The van der Waals surface area contributed by atoms with Crippen molar-refractivity contribution in [1.82, 2.24) is 24.8 Å². The van der Waals surface area contributed by atoms with Crippen LogP contribution < -0.4 is 10.1 Å². The first-order valence-corrected chi connectivity index (χ1v) is 10.2. The SMILES string of the molecule is CCNC(=NCc1ccc(OC(C)C)nc1)N1CCC(C)C(n2ccnc2)C1. The lowest BCUT2D eigenvalue weighted by Crippen LogP contribution is -2.49. The molecule has 0 aliphatic carbocycles. The number of pyridine rings is 1. The van der Waals surface area contributed by atoms with E-state index in [9.17, 15) is 0 Å². The maximum atomic E-state index is 5.61. The Morgan fingerprint density at radius 2 is 2.25 bits per heavy atom. The first-order chi connectivity index (χ1) is 13.6. The number of hydrogen-bond acceptors (Lipinski definition) is 4. The van der Waals surface area contributed by atoms with E-state index in [4.69, 9.17) is 9.73 Å². The monoisotopic (exact) mass is 384 g/mol. The van der Waals surface area contributed by atoms with Gasteiger partial charge in [0, 0.05) is 44.3 Å². The molecule has 7 nitrogen and oxygen atoms in total. The van der Waals surface area contributed by atoms with Crippen LogP contribution in [0.3, 0.4) is 0 Å². The van der Waals surface area contributed by atoms with Crippen molar-refractivity contribution < 1.29 is 4.74 Å². The van der Waals surface area contributed by atoms with Crippen molar-refractivity contribution in [2.45, 2.75) is 52.8 Å². The van der Waals surface area contributed by atoms with Gasteiger partial charge in [0.2, 0.25) is 5.88 Å². The van der Waals surface area contributed by atoms with Crippen LogP contribution in [0.15, 0.2) is 42.0 Å². The minimum Gasteiger partial charge on any atom is -0.475 e. The van der Waals surface area contributed by atoms with Gasteiger partial charge in [-0.1, -0.05) is 13.0 Å². The fourth-order valence-electron chi connectivity index (χ4n) is 3.50. The molecule has 2 unspecified atom stereocenters. The first kappa shape index (κ1) is 20.2. The predicted octanol–water partition coefficient (Wildman–Crippen LogP) is 3.11. The highest BCUT2D eigenvalue weighted by Crippen LogP contribution is 2.27. The van der Waals surface area contributed by atoms with Crippen molar-refractivity contribution in [3.05, 3.63) is 42.6 Å². The third kappa shape index (κ3) is 5.24. The number of imidazole rings is 1. The largest absolute Gasteiger partial charge is 0.475 e. The van der Waals surface area contributed by atoms with Crippen LogP contribution in [-0.4, -0.2) is 51.1 Å². The Kier molecular flexibility index (Phi) is 6.90. The van der Waals surface area contributed by atoms with E-state index >= 15 is 0 Å². The van der Waals surface area contributed by atoms with Crippen molar-refractivity contribution in [3.63, 3.8) is 0 Å².